The third-order valence-corrected chi connectivity index (χ3v) is 3.76. The minimum atomic E-state index is -7.28. The molecule has 0 N–H and O–H groups in total. The van der Waals surface area contributed by atoms with Crippen LogP contribution in [0.2, 0.25) is 0 Å². The summed E-state index contributed by atoms with van der Waals surface area (Å²) < 4.78 is 134. The first kappa shape index (κ1) is 25.6. The molecule has 0 fully saturated rings. The molecule has 0 aromatic carbocycles. The van der Waals surface area contributed by atoms with E-state index in [1.807, 2.05) is 0 Å². The summed E-state index contributed by atoms with van der Waals surface area (Å²) >= 11 is 0. The molecule has 0 atom stereocenters. The van der Waals surface area contributed by atoms with E-state index < -0.39 is 46.0 Å². The normalized spacial score (nSPS) is 14.5. The largest absolute Gasteiger partial charge is 1.00 e. The van der Waals surface area contributed by atoms with Gasteiger partial charge in [0, 0.05) is 6.42 Å². The summed E-state index contributed by atoms with van der Waals surface area (Å²) in [6.45, 7) is 1.64. The maximum atomic E-state index is 13.2. The van der Waals surface area contributed by atoms with E-state index in [1.54, 1.807) is 6.92 Å². The Morgan fingerprint density at radius 1 is 0.826 bits per heavy atom. The molecule has 3 nitrogen and oxygen atoms in total. The van der Waals surface area contributed by atoms with Crippen molar-refractivity contribution in [1.82, 2.24) is 0 Å². The molecule has 0 spiro atoms. The van der Waals surface area contributed by atoms with Crippen molar-refractivity contribution in [1.29, 1.82) is 0 Å². The molecule has 134 valence electrons. The third kappa shape index (κ3) is 4.93. The molecule has 0 amide bonds. The number of rotatable bonds is 9. The molecule has 23 heavy (non-hydrogen) atoms. The van der Waals surface area contributed by atoms with Crippen LogP contribution in [0.25, 0.3) is 0 Å². The fourth-order valence-electron chi connectivity index (χ4n) is 1.50. The topological polar surface area (TPSA) is 57.2 Å². The molecule has 0 saturated heterocycles. The first-order chi connectivity index (χ1) is 9.56. The molecular formula is C10H13F8NaO3S. The van der Waals surface area contributed by atoms with E-state index in [2.05, 4.69) is 0 Å². The molecule has 0 aliphatic rings. The molecule has 0 saturated carbocycles. The van der Waals surface area contributed by atoms with Gasteiger partial charge in [0.1, 0.15) is 0 Å². The van der Waals surface area contributed by atoms with E-state index in [4.69, 9.17) is 0 Å². The minimum absolute atomic E-state index is 0. The average molecular weight is 388 g/mol. The van der Waals surface area contributed by atoms with Crippen LogP contribution < -0.4 is 29.6 Å². The zero-order valence-electron chi connectivity index (χ0n) is 12.2. The monoisotopic (exact) mass is 388 g/mol. The standard InChI is InChI=1S/C10H14F8O3S.Na/c1-2-3-4-5-6-7(11,12)8(13,14)9(15,16)10(17,18)22(19,20)21;/h2-6H2,1H3,(H,19,20,21);/q;+1/p-1. The Morgan fingerprint density at radius 3 is 1.61 bits per heavy atom. The van der Waals surface area contributed by atoms with Crippen molar-refractivity contribution in [3.05, 3.63) is 0 Å². The van der Waals surface area contributed by atoms with Crippen LogP contribution >= 0.6 is 0 Å². The SMILES string of the molecule is CCCCCCC(F)(F)C(F)(F)C(F)(F)C(F)(F)S(=O)(=O)[O-].[Na+]. The molecule has 0 rings (SSSR count). The summed E-state index contributed by atoms with van der Waals surface area (Å²) in [6.07, 6.45) is -1.73. The van der Waals surface area contributed by atoms with Crippen LogP contribution in [0, 0.1) is 0 Å². The Labute approximate surface area is 149 Å². The van der Waals surface area contributed by atoms with Gasteiger partial charge in [0.25, 0.3) is 0 Å². The van der Waals surface area contributed by atoms with E-state index in [1.165, 1.54) is 0 Å². The smallest absolute Gasteiger partial charge is 0.743 e. The van der Waals surface area contributed by atoms with Gasteiger partial charge in [-0.2, -0.15) is 35.1 Å². The van der Waals surface area contributed by atoms with Crippen LogP contribution in [0.4, 0.5) is 35.1 Å². The summed E-state index contributed by atoms with van der Waals surface area (Å²) in [5.74, 6) is -19.4. The van der Waals surface area contributed by atoms with Crippen LogP contribution in [0.15, 0.2) is 0 Å². The Bertz CT molecular complexity index is 480. The van der Waals surface area contributed by atoms with E-state index in [-0.39, 0.29) is 36.0 Å². The van der Waals surface area contributed by atoms with Crippen molar-refractivity contribution < 1.29 is 77.7 Å². The quantitative estimate of drug-likeness (QED) is 0.256. The molecule has 13 heteroatoms. The van der Waals surface area contributed by atoms with E-state index in [0.717, 1.165) is 0 Å². The van der Waals surface area contributed by atoms with Gasteiger partial charge in [-0.25, -0.2) is 8.42 Å². The molecule has 0 aromatic rings. The van der Waals surface area contributed by atoms with Gasteiger partial charge in [0.15, 0.2) is 10.1 Å². The molecule has 0 unspecified atom stereocenters. The summed E-state index contributed by atoms with van der Waals surface area (Å²) in [5.41, 5.74) is 0. The summed E-state index contributed by atoms with van der Waals surface area (Å²) in [6, 6.07) is 0. The van der Waals surface area contributed by atoms with Gasteiger partial charge >= 0.3 is 52.6 Å². The molecular weight excluding hydrogens is 375 g/mol. The van der Waals surface area contributed by atoms with Gasteiger partial charge in [-0.15, -0.1) is 0 Å². The molecule has 0 bridgehead atoms. The fraction of sp³-hybridized carbons (Fsp3) is 1.00. The molecule has 0 aromatic heterocycles. The van der Waals surface area contributed by atoms with Crippen LogP contribution in [-0.4, -0.2) is 36.0 Å². The maximum Gasteiger partial charge on any atom is 1.00 e. The Balaban J connectivity index is 0. The Kier molecular flexibility index (Phi) is 9.07. The van der Waals surface area contributed by atoms with Gasteiger partial charge in [0.2, 0.25) is 0 Å². The van der Waals surface area contributed by atoms with Crippen LogP contribution in [0.3, 0.4) is 0 Å². The van der Waals surface area contributed by atoms with Gasteiger partial charge < -0.3 is 4.55 Å². The summed E-state index contributed by atoms with van der Waals surface area (Å²) in [5, 5.41) is -6.88. The van der Waals surface area contributed by atoms with Crippen LogP contribution in [0.5, 0.6) is 0 Å². The van der Waals surface area contributed by atoms with Crippen molar-refractivity contribution in [2.24, 2.45) is 0 Å². The minimum Gasteiger partial charge on any atom is -0.743 e. The Morgan fingerprint density at radius 2 is 1.26 bits per heavy atom. The zero-order valence-corrected chi connectivity index (χ0v) is 15.0. The zero-order chi connectivity index (χ0) is 18.0. The van der Waals surface area contributed by atoms with Gasteiger partial charge in [-0.3, -0.25) is 0 Å². The molecule has 0 heterocycles. The number of halogens is 8. The number of hydrogen-bond donors (Lipinski definition) is 0. The third-order valence-electron chi connectivity index (χ3n) is 2.88. The average Bonchev–Trinajstić information content (AvgIpc) is 2.32. The molecule has 0 aliphatic carbocycles. The van der Waals surface area contributed by atoms with Crippen molar-refractivity contribution >= 4 is 10.1 Å². The van der Waals surface area contributed by atoms with Crippen LogP contribution in [-0.2, 0) is 10.1 Å². The van der Waals surface area contributed by atoms with Gasteiger partial charge in [-0.1, -0.05) is 26.2 Å². The second-order valence-electron chi connectivity index (χ2n) is 4.63. The number of hydrogen-bond acceptors (Lipinski definition) is 3. The first-order valence-electron chi connectivity index (χ1n) is 6.03. The van der Waals surface area contributed by atoms with E-state index >= 15 is 0 Å². The van der Waals surface area contributed by atoms with Gasteiger partial charge in [0.05, 0.1) is 0 Å². The van der Waals surface area contributed by atoms with Gasteiger partial charge in [-0.05, 0) is 6.42 Å². The van der Waals surface area contributed by atoms with Crippen molar-refractivity contribution in [2.45, 2.75) is 62.0 Å². The molecule has 0 aliphatic heterocycles. The predicted octanol–water partition coefficient (Wildman–Crippen LogP) is 1.00. The summed E-state index contributed by atoms with van der Waals surface area (Å²) in [4.78, 5) is 0. The fourth-order valence-corrected chi connectivity index (χ4v) is 1.94. The van der Waals surface area contributed by atoms with E-state index in [9.17, 15) is 48.1 Å². The Hall–Kier alpha value is 0.350. The predicted molar refractivity (Wildman–Crippen MR) is 58.2 cm³/mol. The molecule has 0 radical (unpaired) electrons. The summed E-state index contributed by atoms with van der Waals surface area (Å²) in [7, 11) is -7.28. The second kappa shape index (κ2) is 8.15. The van der Waals surface area contributed by atoms with Crippen molar-refractivity contribution in [3.63, 3.8) is 0 Å². The number of unbranched alkanes of at least 4 members (excludes halogenated alkanes) is 3. The number of alkyl halides is 8. The van der Waals surface area contributed by atoms with Crippen LogP contribution in [0.1, 0.15) is 39.0 Å². The first-order valence-corrected chi connectivity index (χ1v) is 7.43. The van der Waals surface area contributed by atoms with E-state index in [0.29, 0.717) is 12.8 Å². The van der Waals surface area contributed by atoms with Crippen molar-refractivity contribution in [3.8, 4) is 0 Å². The second-order valence-corrected chi connectivity index (χ2v) is 6.06. The van der Waals surface area contributed by atoms with Crippen molar-refractivity contribution in [2.75, 3.05) is 0 Å². The maximum absolute atomic E-state index is 13.2.